The van der Waals surface area contributed by atoms with Gasteiger partial charge in [0.1, 0.15) is 11.8 Å². The summed E-state index contributed by atoms with van der Waals surface area (Å²) in [7, 11) is 0. The van der Waals surface area contributed by atoms with Crippen molar-refractivity contribution in [3.8, 4) is 17.1 Å². The van der Waals surface area contributed by atoms with Crippen molar-refractivity contribution in [1.29, 1.82) is 0 Å². The molecular formula is C18H15ClF4N4O3. The first-order valence-corrected chi connectivity index (χ1v) is 9.43. The molecule has 0 saturated carbocycles. The van der Waals surface area contributed by atoms with Gasteiger partial charge >= 0.3 is 5.69 Å². The van der Waals surface area contributed by atoms with Crippen molar-refractivity contribution >= 4 is 17.2 Å². The highest BCUT2D eigenvalue weighted by Gasteiger charge is 2.28. The zero-order chi connectivity index (χ0) is 21.4. The van der Waals surface area contributed by atoms with Gasteiger partial charge in [0.15, 0.2) is 23.9 Å². The molecule has 4 rings (SSSR count). The lowest BCUT2D eigenvalue weighted by atomic mass is 9.98. The molecule has 0 radical (unpaired) electrons. The van der Waals surface area contributed by atoms with E-state index in [0.717, 1.165) is 23.4 Å². The SMILES string of the molecule is O=c1[nH]c(OCC(F)F)nc2c(-c3cc(F)c(F)c(Cl)c3)c(C3CCCCO3)nn12. The molecule has 30 heavy (non-hydrogen) atoms. The molecule has 0 aliphatic carbocycles. The lowest BCUT2D eigenvalue weighted by Crippen LogP contribution is -2.21. The predicted molar refractivity (Wildman–Crippen MR) is 98.0 cm³/mol. The number of hydrogen-bond donors (Lipinski definition) is 1. The summed E-state index contributed by atoms with van der Waals surface area (Å²) in [4.78, 5) is 18.7. The van der Waals surface area contributed by atoms with Crippen LogP contribution in [0, 0.1) is 11.6 Å². The average molecular weight is 447 g/mol. The molecular weight excluding hydrogens is 432 g/mol. The third-order valence-electron chi connectivity index (χ3n) is 4.60. The minimum Gasteiger partial charge on any atom is -0.459 e. The summed E-state index contributed by atoms with van der Waals surface area (Å²) in [6.07, 6.45) is -1.04. The van der Waals surface area contributed by atoms with Crippen LogP contribution in [0.1, 0.15) is 31.1 Å². The molecule has 0 amide bonds. The van der Waals surface area contributed by atoms with Gasteiger partial charge in [0.25, 0.3) is 12.4 Å². The molecule has 1 aliphatic heterocycles. The summed E-state index contributed by atoms with van der Waals surface area (Å²) in [5, 5.41) is 3.78. The maximum absolute atomic E-state index is 14.1. The molecule has 3 aromatic rings. The first-order chi connectivity index (χ1) is 14.3. The Hall–Kier alpha value is -2.66. The number of rotatable bonds is 5. The smallest absolute Gasteiger partial charge is 0.352 e. The number of H-pyrrole nitrogens is 1. The number of halogens is 5. The van der Waals surface area contributed by atoms with E-state index in [0.29, 0.717) is 13.0 Å². The molecule has 1 aromatic carbocycles. The number of alkyl halides is 2. The summed E-state index contributed by atoms with van der Waals surface area (Å²) < 4.78 is 64.2. The third kappa shape index (κ3) is 3.86. The van der Waals surface area contributed by atoms with Crippen molar-refractivity contribution in [3.63, 3.8) is 0 Å². The molecule has 12 heteroatoms. The van der Waals surface area contributed by atoms with E-state index in [1.54, 1.807) is 0 Å². The van der Waals surface area contributed by atoms with Crippen molar-refractivity contribution < 1.29 is 27.0 Å². The molecule has 1 fully saturated rings. The molecule has 7 nitrogen and oxygen atoms in total. The van der Waals surface area contributed by atoms with E-state index in [1.165, 1.54) is 6.07 Å². The maximum atomic E-state index is 14.1. The predicted octanol–water partition coefficient (Wildman–Crippen LogP) is 3.90. The highest BCUT2D eigenvalue weighted by molar-refractivity contribution is 6.31. The molecule has 1 aliphatic rings. The van der Waals surface area contributed by atoms with Crippen LogP contribution in [0.3, 0.4) is 0 Å². The zero-order valence-corrected chi connectivity index (χ0v) is 16.1. The van der Waals surface area contributed by atoms with Crippen LogP contribution in [-0.2, 0) is 4.74 Å². The summed E-state index contributed by atoms with van der Waals surface area (Å²) in [6, 6.07) is 1.61. The normalized spacial score (nSPS) is 17.1. The first kappa shape index (κ1) is 20.6. The van der Waals surface area contributed by atoms with Crippen LogP contribution in [0.25, 0.3) is 16.8 Å². The number of ether oxygens (including phenoxy) is 2. The Kier molecular flexibility index (Phi) is 5.65. The molecule has 1 N–H and O–H groups in total. The number of aromatic amines is 1. The molecule has 3 heterocycles. The monoisotopic (exact) mass is 446 g/mol. The summed E-state index contributed by atoms with van der Waals surface area (Å²) in [5.74, 6) is -2.43. The number of fused-ring (bicyclic) bond motifs is 1. The van der Waals surface area contributed by atoms with E-state index in [1.807, 2.05) is 0 Å². The quantitative estimate of drug-likeness (QED) is 0.475. The van der Waals surface area contributed by atoms with Gasteiger partial charge in [0.2, 0.25) is 0 Å². The Morgan fingerprint density at radius 1 is 1.33 bits per heavy atom. The van der Waals surface area contributed by atoms with Gasteiger partial charge in [-0.2, -0.15) is 14.6 Å². The van der Waals surface area contributed by atoms with E-state index >= 15 is 0 Å². The van der Waals surface area contributed by atoms with E-state index in [2.05, 4.69) is 15.1 Å². The second-order valence-corrected chi connectivity index (χ2v) is 7.06. The van der Waals surface area contributed by atoms with Gasteiger partial charge in [-0.1, -0.05) is 11.6 Å². The van der Waals surface area contributed by atoms with Gasteiger partial charge in [-0.15, -0.1) is 0 Å². The van der Waals surface area contributed by atoms with Crippen molar-refractivity contribution in [2.24, 2.45) is 0 Å². The average Bonchev–Trinajstić information content (AvgIpc) is 3.11. The van der Waals surface area contributed by atoms with Crippen molar-refractivity contribution in [2.75, 3.05) is 13.2 Å². The zero-order valence-electron chi connectivity index (χ0n) is 15.3. The van der Waals surface area contributed by atoms with E-state index in [9.17, 15) is 22.4 Å². The fourth-order valence-electron chi connectivity index (χ4n) is 3.31. The Morgan fingerprint density at radius 3 is 2.80 bits per heavy atom. The fourth-order valence-corrected chi connectivity index (χ4v) is 3.52. The second-order valence-electron chi connectivity index (χ2n) is 6.65. The minimum absolute atomic E-state index is 0.0886. The highest BCUT2D eigenvalue weighted by Crippen LogP contribution is 2.38. The van der Waals surface area contributed by atoms with Crippen LogP contribution in [0.15, 0.2) is 16.9 Å². The van der Waals surface area contributed by atoms with Crippen LogP contribution >= 0.6 is 11.6 Å². The lowest BCUT2D eigenvalue weighted by molar-refractivity contribution is 0.0125. The lowest BCUT2D eigenvalue weighted by Gasteiger charge is -2.21. The van der Waals surface area contributed by atoms with Gasteiger partial charge in [-0.3, -0.25) is 4.98 Å². The van der Waals surface area contributed by atoms with Crippen LogP contribution in [-0.4, -0.2) is 39.2 Å². The van der Waals surface area contributed by atoms with Crippen LogP contribution < -0.4 is 10.4 Å². The molecule has 2 aromatic heterocycles. The minimum atomic E-state index is -2.79. The molecule has 0 spiro atoms. The van der Waals surface area contributed by atoms with Crippen molar-refractivity contribution in [3.05, 3.63) is 45.0 Å². The molecule has 160 valence electrons. The van der Waals surface area contributed by atoms with Gasteiger partial charge in [-0.05, 0) is 37.0 Å². The highest BCUT2D eigenvalue weighted by atomic mass is 35.5. The number of benzene rings is 1. The number of hydrogen-bond acceptors (Lipinski definition) is 5. The number of nitrogens with zero attached hydrogens (tertiary/aromatic N) is 3. The number of nitrogens with one attached hydrogen (secondary N) is 1. The van der Waals surface area contributed by atoms with E-state index in [4.69, 9.17) is 21.1 Å². The molecule has 1 saturated heterocycles. The molecule has 0 bridgehead atoms. The maximum Gasteiger partial charge on any atom is 0.352 e. The van der Waals surface area contributed by atoms with E-state index < -0.39 is 47.5 Å². The first-order valence-electron chi connectivity index (χ1n) is 9.05. The van der Waals surface area contributed by atoms with Crippen LogP contribution in [0.4, 0.5) is 17.6 Å². The van der Waals surface area contributed by atoms with Crippen LogP contribution in [0.5, 0.6) is 6.01 Å². The fraction of sp³-hybridized carbons (Fsp3) is 0.389. The van der Waals surface area contributed by atoms with E-state index in [-0.39, 0.29) is 22.5 Å². The van der Waals surface area contributed by atoms with Crippen molar-refractivity contribution in [1.82, 2.24) is 19.6 Å². The largest absolute Gasteiger partial charge is 0.459 e. The summed E-state index contributed by atoms with van der Waals surface area (Å²) >= 11 is 5.80. The molecule has 1 atom stereocenters. The van der Waals surface area contributed by atoms with Gasteiger partial charge in [-0.25, -0.2) is 22.4 Å². The number of aromatic nitrogens is 4. The van der Waals surface area contributed by atoms with Gasteiger partial charge < -0.3 is 9.47 Å². The Morgan fingerprint density at radius 2 is 2.13 bits per heavy atom. The van der Waals surface area contributed by atoms with Gasteiger partial charge in [0.05, 0.1) is 10.6 Å². The summed E-state index contributed by atoms with van der Waals surface area (Å²) in [6.45, 7) is -0.527. The standard InChI is InChI=1S/C18H15ClF4N4O3/c19-9-5-8(6-10(20)14(9)23)13-15(11-3-1-2-4-29-11)26-27-16(13)24-17(25-18(27)28)30-7-12(21)22/h5-6,11-12H,1-4,7H2,(H,24,25,28). The summed E-state index contributed by atoms with van der Waals surface area (Å²) in [5.41, 5.74) is -0.331. The topological polar surface area (TPSA) is 81.5 Å². The van der Waals surface area contributed by atoms with Crippen molar-refractivity contribution in [2.45, 2.75) is 31.8 Å². The van der Waals surface area contributed by atoms with Crippen LogP contribution in [0.2, 0.25) is 5.02 Å². The third-order valence-corrected chi connectivity index (χ3v) is 4.88. The second kappa shape index (κ2) is 8.23. The van der Waals surface area contributed by atoms with Gasteiger partial charge in [0, 0.05) is 6.61 Å². The molecule has 1 unspecified atom stereocenters. The Labute approximate surface area is 171 Å². The Balaban J connectivity index is 1.94. The Bertz CT molecular complexity index is 1120.